The highest BCUT2D eigenvalue weighted by atomic mass is 79.9. The first-order valence-corrected chi connectivity index (χ1v) is 9.48. The SMILES string of the molecule is N=c1n(CC(=O)c2ccc(Br)cc2)c2ccccc2n1Cc1ccccc1. The molecular formula is C22H18BrN3O. The number of imidazole rings is 1. The van der Waals surface area contributed by atoms with E-state index in [-0.39, 0.29) is 12.3 Å². The van der Waals surface area contributed by atoms with Crippen LogP contribution >= 0.6 is 15.9 Å². The second-order valence-electron chi connectivity index (χ2n) is 6.40. The summed E-state index contributed by atoms with van der Waals surface area (Å²) < 4.78 is 4.66. The highest BCUT2D eigenvalue weighted by Gasteiger charge is 2.14. The molecule has 4 rings (SSSR count). The molecule has 4 aromatic rings. The van der Waals surface area contributed by atoms with Gasteiger partial charge >= 0.3 is 0 Å². The molecule has 1 aromatic heterocycles. The van der Waals surface area contributed by atoms with E-state index in [1.165, 1.54) is 0 Å². The molecule has 0 aliphatic heterocycles. The number of halogens is 1. The Morgan fingerprint density at radius 1 is 0.815 bits per heavy atom. The molecule has 0 radical (unpaired) electrons. The fraction of sp³-hybridized carbons (Fsp3) is 0.0909. The highest BCUT2D eigenvalue weighted by Crippen LogP contribution is 2.16. The van der Waals surface area contributed by atoms with E-state index < -0.39 is 0 Å². The van der Waals surface area contributed by atoms with E-state index in [2.05, 4.69) is 15.9 Å². The summed E-state index contributed by atoms with van der Waals surface area (Å²) in [5, 5.41) is 8.68. The number of para-hydroxylation sites is 2. The Morgan fingerprint density at radius 3 is 2.07 bits per heavy atom. The molecular weight excluding hydrogens is 402 g/mol. The average Bonchev–Trinajstić information content (AvgIpc) is 2.95. The number of benzene rings is 3. The van der Waals surface area contributed by atoms with Gasteiger partial charge in [0.1, 0.15) is 0 Å². The maximum Gasteiger partial charge on any atom is 0.203 e. The number of nitrogens with zero attached hydrogens (tertiary/aromatic N) is 2. The first-order chi connectivity index (χ1) is 13.1. The molecule has 0 bridgehead atoms. The molecule has 3 aromatic carbocycles. The molecule has 0 atom stereocenters. The van der Waals surface area contributed by atoms with Gasteiger partial charge in [0.15, 0.2) is 5.78 Å². The van der Waals surface area contributed by atoms with E-state index in [9.17, 15) is 4.79 Å². The number of ketones is 1. The minimum absolute atomic E-state index is 0.0105. The van der Waals surface area contributed by atoms with Gasteiger partial charge < -0.3 is 9.13 Å². The van der Waals surface area contributed by atoms with Crippen molar-refractivity contribution >= 4 is 32.7 Å². The zero-order valence-corrected chi connectivity index (χ0v) is 16.2. The van der Waals surface area contributed by atoms with Crippen molar-refractivity contribution in [3.05, 3.63) is 100 Å². The maximum atomic E-state index is 12.8. The van der Waals surface area contributed by atoms with Crippen molar-refractivity contribution in [2.24, 2.45) is 0 Å². The second-order valence-corrected chi connectivity index (χ2v) is 7.32. The van der Waals surface area contributed by atoms with Crippen LogP contribution in [0.4, 0.5) is 0 Å². The summed E-state index contributed by atoms with van der Waals surface area (Å²) in [4.78, 5) is 12.8. The van der Waals surface area contributed by atoms with Crippen molar-refractivity contribution in [3.8, 4) is 0 Å². The van der Waals surface area contributed by atoms with Gasteiger partial charge in [-0.2, -0.15) is 0 Å². The molecule has 0 fully saturated rings. The molecule has 0 unspecified atom stereocenters. The molecule has 5 heteroatoms. The summed E-state index contributed by atoms with van der Waals surface area (Å²) in [6.45, 7) is 0.739. The molecule has 0 saturated carbocycles. The lowest BCUT2D eigenvalue weighted by Crippen LogP contribution is -2.27. The summed E-state index contributed by atoms with van der Waals surface area (Å²) in [6.07, 6.45) is 0. The molecule has 27 heavy (non-hydrogen) atoms. The molecule has 4 nitrogen and oxygen atoms in total. The molecule has 134 valence electrons. The van der Waals surface area contributed by atoms with Crippen molar-refractivity contribution in [3.63, 3.8) is 0 Å². The van der Waals surface area contributed by atoms with Gasteiger partial charge in [0, 0.05) is 10.0 Å². The van der Waals surface area contributed by atoms with Crippen LogP contribution in [-0.4, -0.2) is 14.9 Å². The zero-order chi connectivity index (χ0) is 18.8. The molecule has 0 spiro atoms. The monoisotopic (exact) mass is 419 g/mol. The lowest BCUT2D eigenvalue weighted by Gasteiger charge is -2.05. The Morgan fingerprint density at radius 2 is 1.41 bits per heavy atom. The van der Waals surface area contributed by atoms with E-state index in [0.717, 1.165) is 21.1 Å². The number of carbonyl (C=O) groups excluding carboxylic acids is 1. The number of fused-ring (bicyclic) bond motifs is 1. The van der Waals surface area contributed by atoms with Crippen molar-refractivity contribution in [1.82, 2.24) is 9.13 Å². The second kappa shape index (κ2) is 7.37. The molecule has 0 amide bonds. The number of carbonyl (C=O) groups is 1. The van der Waals surface area contributed by atoms with E-state index in [0.29, 0.717) is 17.7 Å². The number of hydrogen-bond donors (Lipinski definition) is 1. The smallest absolute Gasteiger partial charge is 0.203 e. The minimum Gasteiger partial charge on any atom is -0.306 e. The fourth-order valence-electron chi connectivity index (χ4n) is 3.25. The quantitative estimate of drug-likeness (QED) is 0.471. The van der Waals surface area contributed by atoms with E-state index in [4.69, 9.17) is 5.41 Å². The third-order valence-corrected chi connectivity index (χ3v) is 5.15. The van der Waals surface area contributed by atoms with Crippen molar-refractivity contribution in [2.45, 2.75) is 13.1 Å². The fourth-order valence-corrected chi connectivity index (χ4v) is 3.52. The minimum atomic E-state index is -0.0105. The Kier molecular flexibility index (Phi) is 4.77. The van der Waals surface area contributed by atoms with Crippen LogP contribution in [0, 0.1) is 5.41 Å². The van der Waals surface area contributed by atoms with Gasteiger partial charge in [0.25, 0.3) is 0 Å². The van der Waals surface area contributed by atoms with Crippen LogP contribution in [0.1, 0.15) is 15.9 Å². The Labute approximate surface area is 165 Å². The van der Waals surface area contributed by atoms with Gasteiger partial charge in [-0.25, -0.2) is 0 Å². The zero-order valence-electron chi connectivity index (χ0n) is 14.6. The number of nitrogens with one attached hydrogen (secondary N) is 1. The Balaban J connectivity index is 1.75. The summed E-state index contributed by atoms with van der Waals surface area (Å²) in [5.74, 6) is -0.0105. The van der Waals surface area contributed by atoms with Gasteiger partial charge in [-0.3, -0.25) is 10.2 Å². The summed E-state index contributed by atoms with van der Waals surface area (Å²) in [7, 11) is 0. The first kappa shape index (κ1) is 17.5. The lowest BCUT2D eigenvalue weighted by molar-refractivity contribution is 0.0971. The summed E-state index contributed by atoms with van der Waals surface area (Å²) in [5.41, 5.74) is 3.94. The number of Topliss-reactive ketones (excluding diaryl/α,β-unsaturated/α-hetero) is 1. The Hall–Kier alpha value is -2.92. The van der Waals surface area contributed by atoms with Crippen LogP contribution in [0.3, 0.4) is 0 Å². The van der Waals surface area contributed by atoms with E-state index in [1.807, 2.05) is 71.3 Å². The lowest BCUT2D eigenvalue weighted by atomic mass is 10.1. The molecule has 1 heterocycles. The highest BCUT2D eigenvalue weighted by molar-refractivity contribution is 9.10. The van der Waals surface area contributed by atoms with Crippen LogP contribution in [0.25, 0.3) is 11.0 Å². The van der Waals surface area contributed by atoms with Crippen LogP contribution < -0.4 is 5.62 Å². The molecule has 1 N–H and O–H groups in total. The predicted molar refractivity (Wildman–Crippen MR) is 110 cm³/mol. The van der Waals surface area contributed by atoms with Gasteiger partial charge in [0.05, 0.1) is 24.1 Å². The first-order valence-electron chi connectivity index (χ1n) is 8.69. The van der Waals surface area contributed by atoms with Crippen LogP contribution in [0.5, 0.6) is 0 Å². The largest absolute Gasteiger partial charge is 0.306 e. The number of aromatic nitrogens is 2. The van der Waals surface area contributed by atoms with Crippen molar-refractivity contribution in [1.29, 1.82) is 5.41 Å². The number of rotatable bonds is 5. The maximum absolute atomic E-state index is 12.8. The van der Waals surface area contributed by atoms with Crippen LogP contribution in [0.15, 0.2) is 83.3 Å². The third kappa shape index (κ3) is 3.51. The van der Waals surface area contributed by atoms with Gasteiger partial charge in [0.2, 0.25) is 5.62 Å². The van der Waals surface area contributed by atoms with Gasteiger partial charge in [-0.15, -0.1) is 0 Å². The molecule has 0 aliphatic rings. The van der Waals surface area contributed by atoms with E-state index >= 15 is 0 Å². The standard InChI is InChI=1S/C22H18BrN3O/c23-18-12-10-17(11-13-18)21(27)15-26-20-9-5-4-8-19(20)25(22(26)24)14-16-6-2-1-3-7-16/h1-13,24H,14-15H2. The van der Waals surface area contributed by atoms with E-state index in [1.54, 1.807) is 16.7 Å². The normalized spacial score (nSPS) is 11.0. The third-order valence-electron chi connectivity index (χ3n) is 4.63. The summed E-state index contributed by atoms with van der Waals surface area (Å²) >= 11 is 3.39. The van der Waals surface area contributed by atoms with Crippen molar-refractivity contribution < 1.29 is 4.79 Å². The van der Waals surface area contributed by atoms with Crippen LogP contribution in [-0.2, 0) is 13.1 Å². The van der Waals surface area contributed by atoms with Crippen molar-refractivity contribution in [2.75, 3.05) is 0 Å². The summed E-state index contributed by atoms with van der Waals surface area (Å²) in [6, 6.07) is 25.3. The average molecular weight is 420 g/mol. The topological polar surface area (TPSA) is 50.8 Å². The Bertz CT molecular complexity index is 1160. The predicted octanol–water partition coefficient (Wildman–Crippen LogP) is 4.62. The molecule has 0 saturated heterocycles. The number of hydrogen-bond acceptors (Lipinski definition) is 2. The van der Waals surface area contributed by atoms with Crippen LogP contribution in [0.2, 0.25) is 0 Å². The van der Waals surface area contributed by atoms with Gasteiger partial charge in [-0.1, -0.05) is 70.5 Å². The molecule has 0 aliphatic carbocycles. The van der Waals surface area contributed by atoms with Gasteiger partial charge in [-0.05, 0) is 29.8 Å².